The van der Waals surface area contributed by atoms with Crippen LogP contribution >= 0.6 is 0 Å². The summed E-state index contributed by atoms with van der Waals surface area (Å²) >= 11 is 0. The molecule has 0 fully saturated rings. The van der Waals surface area contributed by atoms with E-state index in [2.05, 4.69) is 13.8 Å². The molecule has 0 aliphatic carbocycles. The number of hydrogen-bond acceptors (Lipinski definition) is 3. The first-order valence-electron chi connectivity index (χ1n) is 5.65. The molecule has 4 heteroatoms. The molecule has 0 saturated heterocycles. The van der Waals surface area contributed by atoms with E-state index in [4.69, 9.17) is 9.84 Å². The SMILES string of the molecule is CC(C)c1cccc(COC(=O)/C=C\C(=O)O)c1. The molecule has 0 bridgehead atoms. The maximum Gasteiger partial charge on any atom is 0.331 e. The van der Waals surface area contributed by atoms with E-state index in [1.165, 1.54) is 5.56 Å². The predicted octanol–water partition coefficient (Wildman–Crippen LogP) is 2.49. The number of benzene rings is 1. The molecule has 0 radical (unpaired) electrons. The number of carboxylic acid groups (broad SMARTS) is 1. The number of carbonyl (C=O) groups excluding carboxylic acids is 1. The molecule has 0 aromatic heterocycles. The number of carbonyl (C=O) groups is 2. The van der Waals surface area contributed by atoms with Crippen LogP contribution in [0.4, 0.5) is 0 Å². The molecule has 0 atom stereocenters. The van der Waals surface area contributed by atoms with Gasteiger partial charge in [-0.3, -0.25) is 0 Å². The highest BCUT2D eigenvalue weighted by molar-refractivity contribution is 5.90. The zero-order valence-electron chi connectivity index (χ0n) is 10.4. The summed E-state index contributed by atoms with van der Waals surface area (Å²) in [5, 5.41) is 8.35. The summed E-state index contributed by atoms with van der Waals surface area (Å²) in [4.78, 5) is 21.4. The molecular formula is C14H16O4. The molecule has 0 amide bonds. The van der Waals surface area contributed by atoms with Crippen LogP contribution in [0.5, 0.6) is 0 Å². The van der Waals surface area contributed by atoms with E-state index >= 15 is 0 Å². The van der Waals surface area contributed by atoms with Gasteiger partial charge in [-0.2, -0.15) is 0 Å². The summed E-state index contributed by atoms with van der Waals surface area (Å²) in [5.41, 5.74) is 2.06. The molecule has 0 spiro atoms. The van der Waals surface area contributed by atoms with Gasteiger partial charge in [0.1, 0.15) is 6.61 Å². The summed E-state index contributed by atoms with van der Waals surface area (Å²) in [5.74, 6) is -1.42. The van der Waals surface area contributed by atoms with Gasteiger partial charge in [0.2, 0.25) is 0 Å². The Labute approximate surface area is 106 Å². The van der Waals surface area contributed by atoms with E-state index in [0.29, 0.717) is 5.92 Å². The number of hydrogen-bond donors (Lipinski definition) is 1. The van der Waals surface area contributed by atoms with Gasteiger partial charge >= 0.3 is 11.9 Å². The first kappa shape index (κ1) is 14.0. The predicted molar refractivity (Wildman–Crippen MR) is 67.1 cm³/mol. The lowest BCUT2D eigenvalue weighted by molar-refractivity contribution is -0.139. The molecule has 18 heavy (non-hydrogen) atoms. The van der Waals surface area contributed by atoms with Gasteiger partial charge in [0.05, 0.1) is 0 Å². The fraction of sp³-hybridized carbons (Fsp3) is 0.286. The number of esters is 1. The second-order valence-corrected chi connectivity index (χ2v) is 4.18. The van der Waals surface area contributed by atoms with Gasteiger partial charge < -0.3 is 9.84 Å². The first-order valence-corrected chi connectivity index (χ1v) is 5.65. The zero-order chi connectivity index (χ0) is 13.5. The smallest absolute Gasteiger partial charge is 0.331 e. The minimum Gasteiger partial charge on any atom is -0.478 e. The van der Waals surface area contributed by atoms with Crippen molar-refractivity contribution in [1.82, 2.24) is 0 Å². The summed E-state index contributed by atoms with van der Waals surface area (Å²) in [6.07, 6.45) is 1.65. The van der Waals surface area contributed by atoms with Crippen molar-refractivity contribution >= 4 is 11.9 Å². The van der Waals surface area contributed by atoms with Crippen LogP contribution in [0.15, 0.2) is 36.4 Å². The van der Waals surface area contributed by atoms with E-state index in [-0.39, 0.29) is 6.61 Å². The van der Waals surface area contributed by atoms with Gasteiger partial charge in [0.15, 0.2) is 0 Å². The van der Waals surface area contributed by atoms with Gasteiger partial charge in [0, 0.05) is 12.2 Å². The van der Waals surface area contributed by atoms with Crippen LogP contribution in [0, 0.1) is 0 Å². The third kappa shape index (κ3) is 4.82. The van der Waals surface area contributed by atoms with Crippen LogP contribution < -0.4 is 0 Å². The number of carboxylic acids is 1. The standard InChI is InChI=1S/C14H16O4/c1-10(2)12-5-3-4-11(8-12)9-18-14(17)7-6-13(15)16/h3-8,10H,9H2,1-2H3,(H,15,16)/b7-6-. The number of aliphatic carboxylic acids is 1. The Morgan fingerprint density at radius 1 is 1.33 bits per heavy atom. The van der Waals surface area contributed by atoms with Crippen molar-refractivity contribution in [2.24, 2.45) is 0 Å². The molecular weight excluding hydrogens is 232 g/mol. The lowest BCUT2D eigenvalue weighted by atomic mass is 10.0. The van der Waals surface area contributed by atoms with Gasteiger partial charge in [-0.05, 0) is 17.0 Å². The Balaban J connectivity index is 2.56. The molecule has 0 aliphatic rings. The highest BCUT2D eigenvalue weighted by Crippen LogP contribution is 2.16. The quantitative estimate of drug-likeness (QED) is 0.642. The number of rotatable bonds is 5. The van der Waals surface area contributed by atoms with Crippen molar-refractivity contribution in [3.8, 4) is 0 Å². The molecule has 1 N–H and O–H groups in total. The van der Waals surface area contributed by atoms with Crippen molar-refractivity contribution in [3.63, 3.8) is 0 Å². The van der Waals surface area contributed by atoms with Gasteiger partial charge in [-0.1, -0.05) is 38.1 Å². The lowest BCUT2D eigenvalue weighted by Crippen LogP contribution is -2.02. The van der Waals surface area contributed by atoms with Crippen LogP contribution in [0.3, 0.4) is 0 Å². The van der Waals surface area contributed by atoms with Crippen molar-refractivity contribution in [1.29, 1.82) is 0 Å². The molecule has 0 saturated carbocycles. The molecule has 0 heterocycles. The molecule has 1 aromatic carbocycles. The van der Waals surface area contributed by atoms with E-state index in [0.717, 1.165) is 17.7 Å². The Hall–Kier alpha value is -2.10. The van der Waals surface area contributed by atoms with E-state index in [1.54, 1.807) is 0 Å². The first-order chi connectivity index (χ1) is 8.49. The molecule has 96 valence electrons. The molecule has 1 rings (SSSR count). The summed E-state index contributed by atoms with van der Waals surface area (Å²) in [6.45, 7) is 4.31. The molecule has 0 aliphatic heterocycles. The maximum atomic E-state index is 11.2. The van der Waals surface area contributed by atoms with E-state index in [1.807, 2.05) is 24.3 Å². The van der Waals surface area contributed by atoms with Crippen LogP contribution in [-0.2, 0) is 20.9 Å². The Kier molecular flexibility index (Phi) is 5.11. The zero-order valence-corrected chi connectivity index (χ0v) is 10.4. The molecule has 1 aromatic rings. The van der Waals surface area contributed by atoms with Crippen molar-refractivity contribution in [2.75, 3.05) is 0 Å². The Morgan fingerprint density at radius 2 is 2.06 bits per heavy atom. The second kappa shape index (κ2) is 6.59. The minimum absolute atomic E-state index is 0.142. The second-order valence-electron chi connectivity index (χ2n) is 4.18. The average Bonchev–Trinajstić information content (AvgIpc) is 2.34. The van der Waals surface area contributed by atoms with Gasteiger partial charge in [-0.25, -0.2) is 9.59 Å². The highest BCUT2D eigenvalue weighted by Gasteiger charge is 2.03. The van der Waals surface area contributed by atoms with Crippen LogP contribution in [-0.4, -0.2) is 17.0 Å². The van der Waals surface area contributed by atoms with Crippen LogP contribution in [0.25, 0.3) is 0 Å². The Bertz CT molecular complexity index is 461. The van der Waals surface area contributed by atoms with Gasteiger partial charge in [0.25, 0.3) is 0 Å². The average molecular weight is 248 g/mol. The van der Waals surface area contributed by atoms with Crippen molar-refractivity contribution < 1.29 is 19.4 Å². The van der Waals surface area contributed by atoms with Crippen molar-refractivity contribution in [2.45, 2.75) is 26.4 Å². The summed E-state index contributed by atoms with van der Waals surface area (Å²) in [7, 11) is 0. The van der Waals surface area contributed by atoms with E-state index in [9.17, 15) is 9.59 Å². The highest BCUT2D eigenvalue weighted by atomic mass is 16.5. The van der Waals surface area contributed by atoms with Gasteiger partial charge in [-0.15, -0.1) is 0 Å². The Morgan fingerprint density at radius 3 is 2.67 bits per heavy atom. The largest absolute Gasteiger partial charge is 0.478 e. The lowest BCUT2D eigenvalue weighted by Gasteiger charge is -2.08. The van der Waals surface area contributed by atoms with Crippen LogP contribution in [0.2, 0.25) is 0 Å². The van der Waals surface area contributed by atoms with Crippen molar-refractivity contribution in [3.05, 3.63) is 47.5 Å². The fourth-order valence-electron chi connectivity index (χ4n) is 1.38. The normalized spacial score (nSPS) is 10.8. The number of ether oxygens (including phenoxy) is 1. The summed E-state index contributed by atoms with van der Waals surface area (Å²) in [6, 6.07) is 7.75. The molecule has 0 unspecified atom stereocenters. The molecule has 4 nitrogen and oxygen atoms in total. The summed E-state index contributed by atoms with van der Waals surface area (Å²) < 4.78 is 4.92. The topological polar surface area (TPSA) is 63.6 Å². The van der Waals surface area contributed by atoms with E-state index < -0.39 is 11.9 Å². The monoisotopic (exact) mass is 248 g/mol. The minimum atomic E-state index is -1.17. The third-order valence-corrected chi connectivity index (χ3v) is 2.36. The van der Waals surface area contributed by atoms with Crippen LogP contribution in [0.1, 0.15) is 30.9 Å². The third-order valence-electron chi connectivity index (χ3n) is 2.36. The fourth-order valence-corrected chi connectivity index (χ4v) is 1.38. The maximum absolute atomic E-state index is 11.2.